The van der Waals surface area contributed by atoms with Crippen molar-refractivity contribution in [1.29, 1.82) is 0 Å². The molecule has 0 fully saturated rings. The monoisotopic (exact) mass is 400 g/mol. The number of benzene rings is 2. The number of ether oxygens (including phenoxy) is 1. The van der Waals surface area contributed by atoms with Crippen molar-refractivity contribution in [3.8, 4) is 17.1 Å². The Morgan fingerprint density at radius 3 is 3.00 bits per heavy atom. The highest BCUT2D eigenvalue weighted by molar-refractivity contribution is 6.31. The molecule has 0 saturated carbocycles. The minimum atomic E-state index is -0.500. The van der Waals surface area contributed by atoms with Gasteiger partial charge >= 0.3 is 0 Å². The number of hydrogen-bond donors (Lipinski definition) is 1. The Hall–Kier alpha value is -2.86. The lowest BCUT2D eigenvalue weighted by Gasteiger charge is -2.06. The molecule has 0 bridgehead atoms. The largest absolute Gasteiger partial charge is 0.490 e. The highest BCUT2D eigenvalue weighted by atomic mass is 35.5. The molecule has 3 aromatic rings. The lowest BCUT2D eigenvalue weighted by Crippen LogP contribution is -2.25. The Bertz CT molecular complexity index is 1010. The first kappa shape index (κ1) is 18.5. The molecule has 28 heavy (non-hydrogen) atoms. The van der Waals surface area contributed by atoms with Crippen LogP contribution in [0, 0.1) is 5.82 Å². The van der Waals surface area contributed by atoms with Gasteiger partial charge in [-0.3, -0.25) is 4.79 Å². The highest BCUT2D eigenvalue weighted by Crippen LogP contribution is 2.33. The molecule has 1 amide bonds. The quantitative estimate of drug-likeness (QED) is 0.692. The number of aromatic nitrogens is 1. The third-order valence-corrected chi connectivity index (χ3v) is 4.97. The van der Waals surface area contributed by atoms with E-state index < -0.39 is 5.82 Å². The summed E-state index contributed by atoms with van der Waals surface area (Å²) < 4.78 is 24.9. The summed E-state index contributed by atoms with van der Waals surface area (Å²) in [5.74, 6) is 0.598. The predicted molar refractivity (Wildman–Crippen MR) is 103 cm³/mol. The molecular weight excluding hydrogens is 383 g/mol. The molecule has 1 atom stereocenters. The van der Waals surface area contributed by atoms with E-state index in [0.717, 1.165) is 17.7 Å². The zero-order chi connectivity index (χ0) is 19.7. The molecular formula is C21H18ClFN2O3. The van der Waals surface area contributed by atoms with Crippen LogP contribution in [0.1, 0.15) is 23.7 Å². The Balaban J connectivity index is 1.39. The summed E-state index contributed by atoms with van der Waals surface area (Å²) in [6.07, 6.45) is 0.931. The SMILES string of the molecule is CC1Cc2ccc(-c3cc(CNC(=O)Cc4c(F)cccc4Cl)no3)cc2O1. The van der Waals surface area contributed by atoms with Crippen molar-refractivity contribution in [3.63, 3.8) is 0 Å². The summed E-state index contributed by atoms with van der Waals surface area (Å²) in [5.41, 5.74) is 2.78. The Morgan fingerprint density at radius 2 is 2.18 bits per heavy atom. The molecule has 1 aliphatic heterocycles. The van der Waals surface area contributed by atoms with Crippen LogP contribution in [0.3, 0.4) is 0 Å². The summed E-state index contributed by atoms with van der Waals surface area (Å²) >= 11 is 5.95. The average Bonchev–Trinajstić information content (AvgIpc) is 3.28. The Morgan fingerprint density at radius 1 is 1.32 bits per heavy atom. The number of fused-ring (bicyclic) bond motifs is 1. The van der Waals surface area contributed by atoms with E-state index in [2.05, 4.69) is 10.5 Å². The predicted octanol–water partition coefficient (Wildman–Crippen LogP) is 4.32. The molecule has 1 aromatic heterocycles. The molecule has 1 unspecified atom stereocenters. The minimum absolute atomic E-state index is 0.142. The first-order valence-corrected chi connectivity index (χ1v) is 9.32. The summed E-state index contributed by atoms with van der Waals surface area (Å²) in [5, 5.41) is 6.92. The van der Waals surface area contributed by atoms with Crippen LogP contribution in [0.2, 0.25) is 5.02 Å². The summed E-state index contributed by atoms with van der Waals surface area (Å²) in [4.78, 5) is 12.1. The lowest BCUT2D eigenvalue weighted by atomic mass is 10.1. The van der Waals surface area contributed by atoms with Gasteiger partial charge in [-0.25, -0.2) is 4.39 Å². The van der Waals surface area contributed by atoms with Gasteiger partial charge in [-0.15, -0.1) is 0 Å². The number of amides is 1. The molecule has 144 valence electrons. The molecule has 0 spiro atoms. The van der Waals surface area contributed by atoms with Crippen LogP contribution in [-0.4, -0.2) is 17.2 Å². The van der Waals surface area contributed by atoms with Gasteiger partial charge in [0.05, 0.1) is 13.0 Å². The van der Waals surface area contributed by atoms with Crippen molar-refractivity contribution < 1.29 is 18.4 Å². The van der Waals surface area contributed by atoms with Gasteiger partial charge < -0.3 is 14.6 Å². The Kier molecular flexibility index (Phi) is 5.05. The fraction of sp³-hybridized carbons (Fsp3) is 0.238. The first-order chi connectivity index (χ1) is 13.5. The standard InChI is InChI=1S/C21H18ClFN2O3/c1-12-7-13-5-6-14(8-19(13)27-12)20-9-15(25-28-20)11-24-21(26)10-16-17(22)3-2-4-18(16)23/h2-6,8-9,12H,7,10-11H2,1H3,(H,24,26). The maximum absolute atomic E-state index is 13.8. The maximum Gasteiger partial charge on any atom is 0.224 e. The second-order valence-corrected chi connectivity index (χ2v) is 7.20. The van der Waals surface area contributed by atoms with Crippen molar-refractivity contribution in [3.05, 3.63) is 70.1 Å². The van der Waals surface area contributed by atoms with E-state index in [4.69, 9.17) is 20.9 Å². The van der Waals surface area contributed by atoms with Gasteiger partial charge in [-0.05, 0) is 30.7 Å². The van der Waals surface area contributed by atoms with Crippen LogP contribution in [0.5, 0.6) is 5.75 Å². The molecule has 7 heteroatoms. The van der Waals surface area contributed by atoms with Crippen molar-refractivity contribution >= 4 is 17.5 Å². The third-order valence-electron chi connectivity index (χ3n) is 4.61. The van der Waals surface area contributed by atoms with E-state index in [1.54, 1.807) is 12.1 Å². The van der Waals surface area contributed by atoms with Crippen LogP contribution in [0.25, 0.3) is 11.3 Å². The lowest BCUT2D eigenvalue weighted by molar-refractivity contribution is -0.120. The van der Waals surface area contributed by atoms with Crippen molar-refractivity contribution in [2.45, 2.75) is 32.4 Å². The Labute approximate surface area is 166 Å². The fourth-order valence-electron chi connectivity index (χ4n) is 3.20. The van der Waals surface area contributed by atoms with Crippen LogP contribution >= 0.6 is 11.6 Å². The zero-order valence-corrected chi connectivity index (χ0v) is 15.9. The summed E-state index contributed by atoms with van der Waals surface area (Å²) in [6, 6.07) is 12.0. The van der Waals surface area contributed by atoms with Gasteiger partial charge in [-0.2, -0.15) is 0 Å². The molecule has 0 radical (unpaired) electrons. The number of nitrogens with zero attached hydrogens (tertiary/aromatic N) is 1. The van der Waals surface area contributed by atoms with Gasteiger partial charge in [-0.1, -0.05) is 35.0 Å². The molecule has 1 N–H and O–H groups in total. The van der Waals surface area contributed by atoms with E-state index in [1.165, 1.54) is 17.7 Å². The summed E-state index contributed by atoms with van der Waals surface area (Å²) in [7, 11) is 0. The second kappa shape index (κ2) is 7.64. The zero-order valence-electron chi connectivity index (χ0n) is 15.2. The first-order valence-electron chi connectivity index (χ1n) is 8.94. The van der Waals surface area contributed by atoms with Crippen molar-refractivity contribution in [2.24, 2.45) is 0 Å². The molecule has 4 rings (SSSR count). The van der Waals surface area contributed by atoms with Gasteiger partial charge in [0, 0.05) is 28.6 Å². The highest BCUT2D eigenvalue weighted by Gasteiger charge is 2.20. The number of hydrogen-bond acceptors (Lipinski definition) is 4. The number of halogens is 2. The minimum Gasteiger partial charge on any atom is -0.490 e. The molecule has 0 saturated heterocycles. The van der Waals surface area contributed by atoms with E-state index in [9.17, 15) is 9.18 Å². The second-order valence-electron chi connectivity index (χ2n) is 6.79. The van der Waals surface area contributed by atoms with Gasteiger partial charge in [0.15, 0.2) is 5.76 Å². The van der Waals surface area contributed by atoms with Crippen LogP contribution < -0.4 is 10.1 Å². The average molecular weight is 401 g/mol. The number of nitrogens with one attached hydrogen (secondary N) is 1. The number of rotatable bonds is 5. The van der Waals surface area contributed by atoms with E-state index in [-0.39, 0.29) is 35.6 Å². The van der Waals surface area contributed by atoms with Crippen LogP contribution in [0.15, 0.2) is 47.0 Å². The molecule has 2 heterocycles. The molecule has 0 aliphatic carbocycles. The van der Waals surface area contributed by atoms with E-state index >= 15 is 0 Å². The molecule has 2 aromatic carbocycles. The van der Waals surface area contributed by atoms with Gasteiger partial charge in [0.1, 0.15) is 23.4 Å². The van der Waals surface area contributed by atoms with Crippen LogP contribution in [0.4, 0.5) is 4.39 Å². The third kappa shape index (κ3) is 3.87. The topological polar surface area (TPSA) is 64.4 Å². The van der Waals surface area contributed by atoms with Gasteiger partial charge in [0.2, 0.25) is 5.91 Å². The van der Waals surface area contributed by atoms with Crippen LogP contribution in [-0.2, 0) is 24.2 Å². The normalized spacial score (nSPS) is 15.2. The van der Waals surface area contributed by atoms with E-state index in [1.807, 2.05) is 25.1 Å². The summed E-state index contributed by atoms with van der Waals surface area (Å²) in [6.45, 7) is 2.20. The fourth-order valence-corrected chi connectivity index (χ4v) is 3.43. The maximum atomic E-state index is 13.8. The molecule has 5 nitrogen and oxygen atoms in total. The smallest absolute Gasteiger partial charge is 0.224 e. The molecule has 1 aliphatic rings. The van der Waals surface area contributed by atoms with Crippen molar-refractivity contribution in [1.82, 2.24) is 10.5 Å². The number of carbonyl (C=O) groups excluding carboxylic acids is 1. The van der Waals surface area contributed by atoms with Crippen molar-refractivity contribution in [2.75, 3.05) is 0 Å². The van der Waals surface area contributed by atoms with Gasteiger partial charge in [0.25, 0.3) is 0 Å². The van der Waals surface area contributed by atoms with E-state index in [0.29, 0.717) is 11.5 Å². The number of carbonyl (C=O) groups is 1.